The third-order valence-electron chi connectivity index (χ3n) is 3.22. The molecule has 0 spiro atoms. The molecule has 116 valence electrons. The molecule has 0 aliphatic rings. The van der Waals surface area contributed by atoms with E-state index < -0.39 is 0 Å². The average molecular weight is 291 g/mol. The molecule has 0 aliphatic heterocycles. The van der Waals surface area contributed by atoms with Crippen LogP contribution in [0, 0.1) is 0 Å². The Balaban J connectivity index is 2.52. The van der Waals surface area contributed by atoms with Gasteiger partial charge in [-0.3, -0.25) is 0 Å². The summed E-state index contributed by atoms with van der Waals surface area (Å²) in [4.78, 5) is 11.4. The van der Waals surface area contributed by atoms with Crippen molar-refractivity contribution in [3.8, 4) is 0 Å². The zero-order chi connectivity index (χ0) is 15.5. The van der Waals surface area contributed by atoms with Gasteiger partial charge in [-0.05, 0) is 24.5 Å². The number of esters is 1. The van der Waals surface area contributed by atoms with Crippen molar-refractivity contribution in [3.05, 3.63) is 47.0 Å². The molecule has 21 heavy (non-hydrogen) atoms. The van der Waals surface area contributed by atoms with Gasteiger partial charge in [0, 0.05) is 25.3 Å². The lowest BCUT2D eigenvalue weighted by atomic mass is 10.1. The minimum absolute atomic E-state index is 0.254. The number of nitrogens with one attached hydrogen (secondary N) is 1. The third kappa shape index (κ3) is 6.10. The molecule has 0 amide bonds. The van der Waals surface area contributed by atoms with E-state index in [1.165, 1.54) is 18.2 Å². The van der Waals surface area contributed by atoms with Gasteiger partial charge in [0.05, 0.1) is 13.7 Å². The van der Waals surface area contributed by atoms with E-state index in [1.807, 2.05) is 32.1 Å². The molecule has 0 aromatic heterocycles. The van der Waals surface area contributed by atoms with Gasteiger partial charge in [-0.1, -0.05) is 37.3 Å². The predicted molar refractivity (Wildman–Crippen MR) is 83.9 cm³/mol. The fourth-order valence-electron chi connectivity index (χ4n) is 1.99. The first-order chi connectivity index (χ1) is 10.2. The van der Waals surface area contributed by atoms with Crippen molar-refractivity contribution in [1.82, 2.24) is 5.32 Å². The van der Waals surface area contributed by atoms with Gasteiger partial charge in [0.1, 0.15) is 0 Å². The molecule has 1 rings (SSSR count). The quantitative estimate of drug-likeness (QED) is 0.432. The number of rotatable bonds is 9. The van der Waals surface area contributed by atoms with Crippen molar-refractivity contribution < 1.29 is 14.3 Å². The zero-order valence-corrected chi connectivity index (χ0v) is 13.1. The van der Waals surface area contributed by atoms with Crippen LogP contribution in [-0.4, -0.2) is 26.2 Å². The Bertz CT molecular complexity index is 469. The third-order valence-corrected chi connectivity index (χ3v) is 3.22. The number of ether oxygens (including phenoxy) is 2. The standard InChI is InChI=1S/C17H25NO3/c1-4-14(17(19)20-3)10-11-18-12-15-8-6-7-9-16(15)13-21-5-2/h6-10,18H,4-5,11-13H2,1-3H3/b14-10-. The molecule has 1 aromatic carbocycles. The molecular formula is C17H25NO3. The second-order valence-electron chi connectivity index (χ2n) is 4.61. The predicted octanol–water partition coefficient (Wildman–Crippen LogP) is 2.82. The molecule has 0 fully saturated rings. The summed E-state index contributed by atoms with van der Waals surface area (Å²) in [5, 5.41) is 3.32. The topological polar surface area (TPSA) is 47.6 Å². The minimum atomic E-state index is -0.254. The van der Waals surface area contributed by atoms with Gasteiger partial charge >= 0.3 is 5.97 Å². The number of benzene rings is 1. The maximum atomic E-state index is 11.4. The van der Waals surface area contributed by atoms with Crippen LogP contribution in [0.25, 0.3) is 0 Å². The van der Waals surface area contributed by atoms with Gasteiger partial charge in [0.15, 0.2) is 0 Å². The lowest BCUT2D eigenvalue weighted by molar-refractivity contribution is -0.136. The van der Waals surface area contributed by atoms with Crippen molar-refractivity contribution in [2.75, 3.05) is 20.3 Å². The van der Waals surface area contributed by atoms with E-state index in [0.29, 0.717) is 31.8 Å². The molecule has 4 heteroatoms. The van der Waals surface area contributed by atoms with E-state index in [9.17, 15) is 4.79 Å². The molecule has 0 radical (unpaired) electrons. The van der Waals surface area contributed by atoms with Crippen molar-refractivity contribution in [3.63, 3.8) is 0 Å². The van der Waals surface area contributed by atoms with Gasteiger partial charge in [-0.15, -0.1) is 0 Å². The summed E-state index contributed by atoms with van der Waals surface area (Å²) in [7, 11) is 1.41. The molecule has 4 nitrogen and oxygen atoms in total. The van der Waals surface area contributed by atoms with E-state index >= 15 is 0 Å². The van der Waals surface area contributed by atoms with Crippen LogP contribution < -0.4 is 5.32 Å². The van der Waals surface area contributed by atoms with Gasteiger partial charge < -0.3 is 14.8 Å². The highest BCUT2D eigenvalue weighted by Crippen LogP contribution is 2.10. The number of hydrogen-bond acceptors (Lipinski definition) is 4. The first kappa shape index (κ1) is 17.4. The second-order valence-corrected chi connectivity index (χ2v) is 4.61. The summed E-state index contributed by atoms with van der Waals surface area (Å²) in [6.45, 7) is 6.67. The lowest BCUT2D eigenvalue weighted by Crippen LogP contribution is -2.16. The Kier molecular flexibility index (Phi) is 8.40. The van der Waals surface area contributed by atoms with Gasteiger partial charge in [-0.2, -0.15) is 0 Å². The van der Waals surface area contributed by atoms with Gasteiger partial charge in [0.25, 0.3) is 0 Å². The fraction of sp³-hybridized carbons (Fsp3) is 0.471. The largest absolute Gasteiger partial charge is 0.466 e. The van der Waals surface area contributed by atoms with E-state index in [2.05, 4.69) is 17.4 Å². The first-order valence-corrected chi connectivity index (χ1v) is 7.35. The van der Waals surface area contributed by atoms with Crippen molar-refractivity contribution >= 4 is 5.97 Å². The van der Waals surface area contributed by atoms with Crippen LogP contribution >= 0.6 is 0 Å². The van der Waals surface area contributed by atoms with Crippen LogP contribution in [0.1, 0.15) is 31.4 Å². The van der Waals surface area contributed by atoms with Gasteiger partial charge in [0.2, 0.25) is 0 Å². The molecule has 0 bridgehead atoms. The first-order valence-electron chi connectivity index (χ1n) is 7.35. The fourth-order valence-corrected chi connectivity index (χ4v) is 1.99. The number of carbonyl (C=O) groups excluding carboxylic acids is 1. The van der Waals surface area contributed by atoms with Crippen LogP contribution in [-0.2, 0) is 27.4 Å². The number of hydrogen-bond donors (Lipinski definition) is 1. The van der Waals surface area contributed by atoms with Crippen molar-refractivity contribution in [1.29, 1.82) is 0 Å². The summed E-state index contributed by atoms with van der Waals surface area (Å²) >= 11 is 0. The Hall–Kier alpha value is -1.65. The van der Waals surface area contributed by atoms with Crippen molar-refractivity contribution in [2.24, 2.45) is 0 Å². The van der Waals surface area contributed by atoms with Crippen LogP contribution in [0.15, 0.2) is 35.9 Å². The van der Waals surface area contributed by atoms with Crippen LogP contribution in [0.5, 0.6) is 0 Å². The second kappa shape index (κ2) is 10.1. The number of carbonyl (C=O) groups is 1. The summed E-state index contributed by atoms with van der Waals surface area (Å²) in [5.74, 6) is -0.254. The minimum Gasteiger partial charge on any atom is -0.466 e. The SMILES string of the molecule is CCOCc1ccccc1CNC/C=C(/CC)C(=O)OC. The molecule has 0 saturated carbocycles. The summed E-state index contributed by atoms with van der Waals surface area (Å²) in [6, 6.07) is 8.21. The van der Waals surface area contributed by atoms with Crippen molar-refractivity contribution in [2.45, 2.75) is 33.4 Å². The van der Waals surface area contributed by atoms with Gasteiger partial charge in [-0.25, -0.2) is 4.79 Å². The highest BCUT2D eigenvalue weighted by Gasteiger charge is 2.06. The molecule has 0 unspecified atom stereocenters. The maximum Gasteiger partial charge on any atom is 0.333 e. The summed E-state index contributed by atoms with van der Waals surface area (Å²) in [6.07, 6.45) is 2.56. The molecule has 0 atom stereocenters. The summed E-state index contributed by atoms with van der Waals surface area (Å²) < 4.78 is 10.2. The maximum absolute atomic E-state index is 11.4. The molecule has 0 heterocycles. The Labute approximate surface area is 127 Å². The Morgan fingerprint density at radius 1 is 1.24 bits per heavy atom. The smallest absolute Gasteiger partial charge is 0.333 e. The average Bonchev–Trinajstić information content (AvgIpc) is 2.53. The van der Waals surface area contributed by atoms with E-state index in [0.717, 1.165) is 6.54 Å². The zero-order valence-electron chi connectivity index (χ0n) is 13.1. The van der Waals surface area contributed by atoms with Crippen LogP contribution in [0.3, 0.4) is 0 Å². The number of methoxy groups -OCH3 is 1. The molecule has 1 N–H and O–H groups in total. The Morgan fingerprint density at radius 2 is 1.95 bits per heavy atom. The van der Waals surface area contributed by atoms with E-state index in [4.69, 9.17) is 9.47 Å². The highest BCUT2D eigenvalue weighted by molar-refractivity contribution is 5.88. The monoisotopic (exact) mass is 291 g/mol. The summed E-state index contributed by atoms with van der Waals surface area (Å²) in [5.41, 5.74) is 3.11. The molecular weight excluding hydrogens is 266 g/mol. The van der Waals surface area contributed by atoms with Crippen LogP contribution in [0.4, 0.5) is 0 Å². The lowest BCUT2D eigenvalue weighted by Gasteiger charge is -2.10. The van der Waals surface area contributed by atoms with E-state index in [-0.39, 0.29) is 5.97 Å². The van der Waals surface area contributed by atoms with Crippen LogP contribution in [0.2, 0.25) is 0 Å². The normalized spacial score (nSPS) is 11.5. The molecule has 0 saturated heterocycles. The molecule has 0 aliphatic carbocycles. The highest BCUT2D eigenvalue weighted by atomic mass is 16.5. The van der Waals surface area contributed by atoms with E-state index in [1.54, 1.807) is 0 Å². The Morgan fingerprint density at radius 3 is 2.57 bits per heavy atom. The molecule has 1 aromatic rings.